The molecule has 0 aliphatic heterocycles. The highest BCUT2D eigenvalue weighted by molar-refractivity contribution is 5.33. The summed E-state index contributed by atoms with van der Waals surface area (Å²) in [7, 11) is 0. The van der Waals surface area contributed by atoms with Crippen LogP contribution in [0.3, 0.4) is 0 Å². The van der Waals surface area contributed by atoms with Gasteiger partial charge >= 0.3 is 6.18 Å². The topological polar surface area (TPSA) is 63.7 Å². The van der Waals surface area contributed by atoms with E-state index in [4.69, 9.17) is 4.74 Å². The molecule has 0 amide bonds. The Hall–Kier alpha value is -3.04. The monoisotopic (exact) mass is 384 g/mol. The summed E-state index contributed by atoms with van der Waals surface area (Å²) >= 11 is 0. The van der Waals surface area contributed by atoms with Crippen LogP contribution in [0.4, 0.5) is 22.0 Å². The predicted octanol–water partition coefficient (Wildman–Crippen LogP) is 4.61. The van der Waals surface area contributed by atoms with E-state index < -0.39 is 29.2 Å². The average molecular weight is 384 g/mol. The van der Waals surface area contributed by atoms with Crippen LogP contribution in [0.5, 0.6) is 11.6 Å². The van der Waals surface area contributed by atoms with Crippen molar-refractivity contribution < 1.29 is 26.7 Å². The van der Waals surface area contributed by atoms with E-state index in [1.54, 1.807) is 26.0 Å². The summed E-state index contributed by atoms with van der Waals surface area (Å²) in [6, 6.07) is 7.45. The van der Waals surface area contributed by atoms with E-state index in [9.17, 15) is 22.0 Å². The zero-order chi connectivity index (χ0) is 19.8. The highest BCUT2D eigenvalue weighted by Crippen LogP contribution is 2.34. The Bertz CT molecular complexity index is 968. The number of ether oxygens (including phenoxy) is 1. The van der Waals surface area contributed by atoms with E-state index in [2.05, 4.69) is 20.2 Å². The number of rotatable bonds is 4. The van der Waals surface area contributed by atoms with Crippen LogP contribution in [0.25, 0.3) is 0 Å². The van der Waals surface area contributed by atoms with Gasteiger partial charge in [0.15, 0.2) is 11.4 Å². The van der Waals surface area contributed by atoms with Gasteiger partial charge in [0.2, 0.25) is 11.8 Å². The van der Waals surface area contributed by atoms with Crippen molar-refractivity contribution in [2.45, 2.75) is 25.4 Å². The number of halogens is 5. The Labute approximate surface area is 150 Å². The number of hydrogen-bond donors (Lipinski definition) is 1. The molecule has 0 saturated heterocycles. The van der Waals surface area contributed by atoms with Gasteiger partial charge in [-0.25, -0.2) is 4.98 Å². The summed E-state index contributed by atoms with van der Waals surface area (Å²) in [5.41, 5.74) is -1.48. The van der Waals surface area contributed by atoms with E-state index >= 15 is 0 Å². The fourth-order valence-electron chi connectivity index (χ4n) is 2.33. The van der Waals surface area contributed by atoms with Gasteiger partial charge < -0.3 is 4.74 Å². The number of hydrogen-bond acceptors (Lipinski definition) is 4. The lowest BCUT2D eigenvalue weighted by atomic mass is 9.85. The van der Waals surface area contributed by atoms with Crippen molar-refractivity contribution in [3.05, 3.63) is 65.4 Å². The van der Waals surface area contributed by atoms with Crippen molar-refractivity contribution in [3.8, 4) is 11.6 Å². The molecule has 1 N–H and O–H groups in total. The molecule has 0 spiro atoms. The first kappa shape index (κ1) is 18.7. The van der Waals surface area contributed by atoms with Crippen LogP contribution in [0.2, 0.25) is 0 Å². The van der Waals surface area contributed by atoms with Crippen LogP contribution in [-0.2, 0) is 11.6 Å². The van der Waals surface area contributed by atoms with Crippen LogP contribution in [0.1, 0.15) is 30.9 Å². The fourth-order valence-corrected chi connectivity index (χ4v) is 2.33. The van der Waals surface area contributed by atoms with Crippen molar-refractivity contribution in [1.82, 2.24) is 20.2 Å². The van der Waals surface area contributed by atoms with Gasteiger partial charge in [0.25, 0.3) is 5.95 Å². The minimum absolute atomic E-state index is 0.0246. The van der Waals surface area contributed by atoms with Gasteiger partial charge in [0, 0.05) is 17.2 Å². The Morgan fingerprint density at radius 3 is 2.33 bits per heavy atom. The third-order valence-electron chi connectivity index (χ3n) is 3.90. The lowest BCUT2D eigenvalue weighted by Gasteiger charge is -2.22. The third kappa shape index (κ3) is 3.88. The SMILES string of the molecule is CC(C)(c1cccc(Oc2ccc(F)nc2F)n1)c1cc(C(F)(F)F)n[nH]1. The van der Waals surface area contributed by atoms with Crippen LogP contribution >= 0.6 is 0 Å². The number of nitrogens with zero attached hydrogens (tertiary/aromatic N) is 3. The standard InChI is InChI=1S/C17H13F5N4O/c1-16(2,11-8-12(26-25-11)17(20,21)22)10-4-3-5-14(23-10)27-9-6-7-13(18)24-15(9)19/h3-8H,1-2H3,(H,25,26). The third-order valence-corrected chi connectivity index (χ3v) is 3.90. The Kier molecular flexibility index (Phi) is 4.58. The molecule has 3 aromatic heterocycles. The first-order chi connectivity index (χ1) is 12.6. The highest BCUT2D eigenvalue weighted by atomic mass is 19.4. The Morgan fingerprint density at radius 2 is 1.70 bits per heavy atom. The largest absolute Gasteiger partial charge is 0.435 e. The van der Waals surface area contributed by atoms with Crippen LogP contribution < -0.4 is 4.74 Å². The molecule has 0 bridgehead atoms. The smallest absolute Gasteiger partial charge is 0.434 e. The number of alkyl halides is 3. The molecule has 0 aliphatic rings. The molecule has 5 nitrogen and oxygen atoms in total. The van der Waals surface area contributed by atoms with E-state index in [1.165, 1.54) is 6.07 Å². The van der Waals surface area contributed by atoms with Crippen LogP contribution in [-0.4, -0.2) is 20.2 Å². The van der Waals surface area contributed by atoms with Crippen LogP contribution in [0.15, 0.2) is 36.4 Å². The van der Waals surface area contributed by atoms with E-state index in [-0.39, 0.29) is 17.3 Å². The van der Waals surface area contributed by atoms with E-state index in [0.29, 0.717) is 5.69 Å². The van der Waals surface area contributed by atoms with Gasteiger partial charge in [0.1, 0.15) is 0 Å². The van der Waals surface area contributed by atoms with E-state index in [0.717, 1.165) is 18.2 Å². The first-order valence-electron chi connectivity index (χ1n) is 7.68. The average Bonchev–Trinajstić information content (AvgIpc) is 3.09. The molecular weight excluding hydrogens is 371 g/mol. The molecule has 0 aromatic carbocycles. The van der Waals surface area contributed by atoms with Crippen molar-refractivity contribution >= 4 is 0 Å². The summed E-state index contributed by atoms with van der Waals surface area (Å²) in [5, 5.41) is 5.66. The number of nitrogens with one attached hydrogen (secondary N) is 1. The zero-order valence-corrected chi connectivity index (χ0v) is 14.1. The molecule has 0 saturated carbocycles. The van der Waals surface area contributed by atoms with Gasteiger partial charge in [-0.3, -0.25) is 5.10 Å². The maximum absolute atomic E-state index is 13.6. The second kappa shape index (κ2) is 6.60. The summed E-state index contributed by atoms with van der Waals surface area (Å²) in [6.07, 6.45) is -4.57. The molecule has 142 valence electrons. The van der Waals surface area contributed by atoms with Gasteiger partial charge in [-0.05, 0) is 38.1 Å². The van der Waals surface area contributed by atoms with Crippen molar-refractivity contribution in [1.29, 1.82) is 0 Å². The van der Waals surface area contributed by atoms with Gasteiger partial charge in [-0.2, -0.15) is 32.0 Å². The summed E-state index contributed by atoms with van der Waals surface area (Å²) < 4.78 is 70.1. The molecule has 27 heavy (non-hydrogen) atoms. The molecule has 10 heteroatoms. The maximum atomic E-state index is 13.6. The van der Waals surface area contributed by atoms with Crippen molar-refractivity contribution in [3.63, 3.8) is 0 Å². The summed E-state index contributed by atoms with van der Waals surface area (Å²) in [4.78, 5) is 7.22. The molecule has 0 aliphatic carbocycles. The minimum Gasteiger partial charge on any atom is -0.434 e. The van der Waals surface area contributed by atoms with Crippen molar-refractivity contribution in [2.75, 3.05) is 0 Å². The highest BCUT2D eigenvalue weighted by Gasteiger charge is 2.36. The normalized spacial score (nSPS) is 12.3. The predicted molar refractivity (Wildman–Crippen MR) is 84.2 cm³/mol. The van der Waals surface area contributed by atoms with Crippen LogP contribution in [0, 0.1) is 11.9 Å². The minimum atomic E-state index is -4.57. The zero-order valence-electron chi connectivity index (χ0n) is 14.1. The second-order valence-corrected chi connectivity index (χ2v) is 6.18. The number of aromatic amines is 1. The van der Waals surface area contributed by atoms with Gasteiger partial charge in [-0.15, -0.1) is 0 Å². The molecular formula is C17H13F5N4O. The van der Waals surface area contributed by atoms with Gasteiger partial charge in [0.05, 0.1) is 5.69 Å². The molecule has 3 heterocycles. The fraction of sp³-hybridized carbons (Fsp3) is 0.235. The number of pyridine rings is 2. The Morgan fingerprint density at radius 1 is 0.963 bits per heavy atom. The molecule has 3 aromatic rings. The number of aromatic nitrogens is 4. The second-order valence-electron chi connectivity index (χ2n) is 6.18. The summed E-state index contributed by atoms with van der Waals surface area (Å²) in [6.45, 7) is 3.29. The molecule has 0 atom stereocenters. The van der Waals surface area contributed by atoms with Crippen molar-refractivity contribution in [2.24, 2.45) is 0 Å². The first-order valence-corrected chi connectivity index (χ1v) is 7.68. The lowest BCUT2D eigenvalue weighted by Crippen LogP contribution is -2.21. The maximum Gasteiger partial charge on any atom is 0.435 e. The van der Waals surface area contributed by atoms with E-state index in [1.807, 2.05) is 0 Å². The molecule has 0 fully saturated rings. The lowest BCUT2D eigenvalue weighted by molar-refractivity contribution is -0.141. The molecule has 3 rings (SSSR count). The molecule has 0 radical (unpaired) electrons. The van der Waals surface area contributed by atoms with Gasteiger partial charge in [-0.1, -0.05) is 6.07 Å². The summed E-state index contributed by atoms with van der Waals surface area (Å²) in [5.74, 6) is -2.50. The number of H-pyrrole nitrogens is 1. The Balaban J connectivity index is 1.91. The molecule has 0 unspecified atom stereocenters. The quantitative estimate of drug-likeness (QED) is 0.527.